The standard InChI is InChI=1S/C17H11BrN2O3/c18-12-6-8-13(9-7-12)20-16(22)14(15(21)19-17(20)23)10-11-4-2-1-3-5-11/h1-10H,(H,19,21,23). The van der Waals surface area contributed by atoms with E-state index in [1.807, 2.05) is 6.07 Å². The molecule has 23 heavy (non-hydrogen) atoms. The van der Waals surface area contributed by atoms with Gasteiger partial charge in [0.25, 0.3) is 11.8 Å². The van der Waals surface area contributed by atoms with Crippen LogP contribution in [-0.4, -0.2) is 17.8 Å². The summed E-state index contributed by atoms with van der Waals surface area (Å²) in [5.74, 6) is -1.35. The number of anilines is 1. The summed E-state index contributed by atoms with van der Waals surface area (Å²) >= 11 is 3.30. The van der Waals surface area contributed by atoms with Crippen LogP contribution in [0.3, 0.4) is 0 Å². The third kappa shape index (κ3) is 3.07. The van der Waals surface area contributed by atoms with Gasteiger partial charge in [-0.15, -0.1) is 0 Å². The summed E-state index contributed by atoms with van der Waals surface area (Å²) in [5.41, 5.74) is 1.01. The number of carbonyl (C=O) groups excluding carboxylic acids is 3. The van der Waals surface area contributed by atoms with Gasteiger partial charge in [-0.2, -0.15) is 0 Å². The molecule has 0 aliphatic carbocycles. The van der Waals surface area contributed by atoms with E-state index < -0.39 is 17.8 Å². The smallest absolute Gasteiger partial charge is 0.273 e. The molecule has 0 unspecified atom stereocenters. The number of nitrogens with zero attached hydrogens (tertiary/aromatic N) is 1. The zero-order valence-corrected chi connectivity index (χ0v) is 13.4. The van der Waals surface area contributed by atoms with Crippen LogP contribution >= 0.6 is 15.9 Å². The van der Waals surface area contributed by atoms with E-state index in [0.717, 1.165) is 9.37 Å². The Hall–Kier alpha value is -2.73. The fourth-order valence-corrected chi connectivity index (χ4v) is 2.46. The summed E-state index contributed by atoms with van der Waals surface area (Å²) in [5, 5.41) is 2.19. The number of amides is 4. The van der Waals surface area contributed by atoms with Gasteiger partial charge >= 0.3 is 6.03 Å². The van der Waals surface area contributed by atoms with Crippen LogP contribution in [0.5, 0.6) is 0 Å². The van der Waals surface area contributed by atoms with E-state index in [-0.39, 0.29) is 5.57 Å². The number of rotatable bonds is 2. The Morgan fingerprint density at radius 2 is 1.57 bits per heavy atom. The van der Waals surface area contributed by atoms with Gasteiger partial charge in [-0.05, 0) is 35.9 Å². The largest absolute Gasteiger partial charge is 0.335 e. The highest BCUT2D eigenvalue weighted by atomic mass is 79.9. The first-order chi connectivity index (χ1) is 11.1. The highest BCUT2D eigenvalue weighted by Crippen LogP contribution is 2.23. The zero-order chi connectivity index (χ0) is 16.4. The van der Waals surface area contributed by atoms with E-state index in [1.54, 1.807) is 48.5 Å². The predicted octanol–water partition coefficient (Wildman–Crippen LogP) is 3.12. The van der Waals surface area contributed by atoms with Gasteiger partial charge in [0.05, 0.1) is 5.69 Å². The molecule has 1 aliphatic rings. The van der Waals surface area contributed by atoms with Crippen molar-refractivity contribution in [3.63, 3.8) is 0 Å². The summed E-state index contributed by atoms with van der Waals surface area (Å²) in [6.45, 7) is 0. The number of nitrogens with one attached hydrogen (secondary N) is 1. The highest BCUT2D eigenvalue weighted by Gasteiger charge is 2.36. The average Bonchev–Trinajstić information content (AvgIpc) is 2.54. The molecular weight excluding hydrogens is 360 g/mol. The second kappa shape index (κ2) is 6.18. The molecular formula is C17H11BrN2O3. The topological polar surface area (TPSA) is 66.5 Å². The van der Waals surface area contributed by atoms with Gasteiger partial charge in [-0.25, -0.2) is 9.69 Å². The predicted molar refractivity (Wildman–Crippen MR) is 89.6 cm³/mol. The molecule has 1 aliphatic heterocycles. The van der Waals surface area contributed by atoms with E-state index in [9.17, 15) is 14.4 Å². The molecule has 6 heteroatoms. The van der Waals surface area contributed by atoms with Gasteiger partial charge in [0.15, 0.2) is 0 Å². The normalized spacial score (nSPS) is 16.7. The number of benzene rings is 2. The second-order valence-corrected chi connectivity index (χ2v) is 5.76. The lowest BCUT2D eigenvalue weighted by Gasteiger charge is -2.26. The van der Waals surface area contributed by atoms with Crippen molar-refractivity contribution in [3.8, 4) is 0 Å². The third-order valence-electron chi connectivity index (χ3n) is 3.30. The molecule has 4 amide bonds. The van der Waals surface area contributed by atoms with Crippen LogP contribution in [-0.2, 0) is 9.59 Å². The van der Waals surface area contributed by atoms with Gasteiger partial charge in [-0.3, -0.25) is 14.9 Å². The number of imide groups is 2. The summed E-state index contributed by atoms with van der Waals surface area (Å²) in [6, 6.07) is 14.9. The van der Waals surface area contributed by atoms with Gasteiger partial charge in [-0.1, -0.05) is 46.3 Å². The number of barbiturate groups is 1. The molecule has 1 fully saturated rings. The molecule has 1 heterocycles. The first kappa shape index (κ1) is 15.2. The minimum absolute atomic E-state index is 0.0845. The lowest BCUT2D eigenvalue weighted by molar-refractivity contribution is -0.122. The van der Waals surface area contributed by atoms with Crippen molar-refractivity contribution in [2.75, 3.05) is 4.90 Å². The average molecular weight is 371 g/mol. The van der Waals surface area contributed by atoms with Crippen LogP contribution in [0.2, 0.25) is 0 Å². The molecule has 114 valence electrons. The minimum Gasteiger partial charge on any atom is -0.273 e. The molecule has 0 spiro atoms. The quantitative estimate of drug-likeness (QED) is 0.652. The SMILES string of the molecule is O=C1NC(=O)N(c2ccc(Br)cc2)C(=O)C1=Cc1ccccc1. The molecule has 1 N–H and O–H groups in total. The van der Waals surface area contributed by atoms with Crippen LogP contribution in [0.4, 0.5) is 10.5 Å². The van der Waals surface area contributed by atoms with Crippen LogP contribution < -0.4 is 10.2 Å². The van der Waals surface area contributed by atoms with Crippen molar-refractivity contribution in [2.45, 2.75) is 0 Å². The monoisotopic (exact) mass is 370 g/mol. The molecule has 0 radical (unpaired) electrons. The van der Waals surface area contributed by atoms with E-state index in [0.29, 0.717) is 11.3 Å². The summed E-state index contributed by atoms with van der Waals surface area (Å²) in [4.78, 5) is 37.6. The van der Waals surface area contributed by atoms with Gasteiger partial charge in [0.2, 0.25) is 0 Å². The summed E-state index contributed by atoms with van der Waals surface area (Å²) < 4.78 is 0.822. The third-order valence-corrected chi connectivity index (χ3v) is 3.83. The number of hydrogen-bond acceptors (Lipinski definition) is 3. The maximum atomic E-state index is 12.6. The van der Waals surface area contributed by atoms with Crippen molar-refractivity contribution in [3.05, 3.63) is 70.2 Å². The van der Waals surface area contributed by atoms with Crippen molar-refractivity contribution in [1.82, 2.24) is 5.32 Å². The summed E-state index contributed by atoms with van der Waals surface area (Å²) in [6.07, 6.45) is 1.47. The maximum Gasteiger partial charge on any atom is 0.335 e. The van der Waals surface area contributed by atoms with E-state index in [2.05, 4.69) is 21.2 Å². The molecule has 0 bridgehead atoms. The van der Waals surface area contributed by atoms with E-state index in [4.69, 9.17) is 0 Å². The Labute approximate surface area is 140 Å². The zero-order valence-electron chi connectivity index (χ0n) is 11.8. The Kier molecular flexibility index (Phi) is 4.08. The van der Waals surface area contributed by atoms with Crippen LogP contribution in [0, 0.1) is 0 Å². The van der Waals surface area contributed by atoms with Crippen molar-refractivity contribution < 1.29 is 14.4 Å². The Balaban J connectivity index is 2.01. The lowest BCUT2D eigenvalue weighted by Crippen LogP contribution is -2.54. The lowest BCUT2D eigenvalue weighted by atomic mass is 10.1. The maximum absolute atomic E-state index is 12.6. The molecule has 5 nitrogen and oxygen atoms in total. The van der Waals surface area contributed by atoms with Gasteiger partial charge in [0, 0.05) is 4.47 Å². The minimum atomic E-state index is -0.757. The van der Waals surface area contributed by atoms with Crippen LogP contribution in [0.15, 0.2) is 64.6 Å². The fraction of sp³-hybridized carbons (Fsp3) is 0. The number of hydrogen-bond donors (Lipinski definition) is 1. The van der Waals surface area contributed by atoms with Gasteiger partial charge in [0.1, 0.15) is 5.57 Å². The van der Waals surface area contributed by atoms with Crippen LogP contribution in [0.25, 0.3) is 6.08 Å². The Bertz CT molecular complexity index is 813. The molecule has 0 atom stereocenters. The highest BCUT2D eigenvalue weighted by molar-refractivity contribution is 9.10. The fourth-order valence-electron chi connectivity index (χ4n) is 2.20. The first-order valence-corrected chi connectivity index (χ1v) is 7.57. The Morgan fingerprint density at radius 3 is 2.22 bits per heavy atom. The second-order valence-electron chi connectivity index (χ2n) is 4.84. The van der Waals surface area contributed by atoms with Crippen molar-refractivity contribution >= 4 is 45.5 Å². The summed E-state index contributed by atoms with van der Waals surface area (Å²) in [7, 11) is 0. The number of carbonyl (C=O) groups is 3. The first-order valence-electron chi connectivity index (χ1n) is 6.78. The van der Waals surface area contributed by atoms with E-state index in [1.165, 1.54) is 6.08 Å². The molecule has 1 saturated heterocycles. The van der Waals surface area contributed by atoms with Crippen molar-refractivity contribution in [1.29, 1.82) is 0 Å². The number of urea groups is 1. The van der Waals surface area contributed by atoms with E-state index >= 15 is 0 Å². The van der Waals surface area contributed by atoms with Crippen LogP contribution in [0.1, 0.15) is 5.56 Å². The molecule has 0 aromatic heterocycles. The van der Waals surface area contributed by atoms with Gasteiger partial charge < -0.3 is 0 Å². The van der Waals surface area contributed by atoms with Crippen molar-refractivity contribution in [2.24, 2.45) is 0 Å². The molecule has 2 aromatic carbocycles. The molecule has 0 saturated carbocycles. The Morgan fingerprint density at radius 1 is 0.913 bits per heavy atom. The molecule has 2 aromatic rings. The number of halogens is 1. The molecule has 3 rings (SSSR count).